The lowest BCUT2D eigenvalue weighted by molar-refractivity contribution is 0.0997. The Hall–Kier alpha value is -1.20. The zero-order valence-electron chi connectivity index (χ0n) is 11.0. The third-order valence-electron chi connectivity index (χ3n) is 2.81. The molecule has 0 fully saturated rings. The highest BCUT2D eigenvalue weighted by Gasteiger charge is 2.18. The van der Waals surface area contributed by atoms with Crippen molar-refractivity contribution in [2.24, 2.45) is 0 Å². The van der Waals surface area contributed by atoms with Crippen LogP contribution in [-0.2, 0) is 6.42 Å². The highest BCUT2D eigenvalue weighted by Crippen LogP contribution is 2.26. The summed E-state index contributed by atoms with van der Waals surface area (Å²) in [5.74, 6) is 0.0251. The Bertz CT molecular complexity index is 571. The Labute approximate surface area is 115 Å². The topological polar surface area (TPSA) is 33.2 Å². The van der Waals surface area contributed by atoms with Crippen LogP contribution in [0.25, 0.3) is 0 Å². The zero-order chi connectivity index (χ0) is 13.3. The van der Waals surface area contributed by atoms with Gasteiger partial charge in [-0.05, 0) is 31.9 Å². The summed E-state index contributed by atoms with van der Waals surface area (Å²) in [5.41, 5.74) is 2.21. The van der Waals surface area contributed by atoms with Crippen LogP contribution in [0.4, 0.5) is 5.13 Å². The number of hydrogen-bond acceptors (Lipinski definition) is 4. The van der Waals surface area contributed by atoms with Crippen LogP contribution < -0.4 is 4.90 Å². The minimum Gasteiger partial charge on any atom is -0.286 e. The standard InChI is InChI=1S/C13H16N2OS2/c1-5-10-6-11(18-9(10)3)12(16)15(4)13-14-8(2)7-17-13/h6-7H,5H2,1-4H3. The molecule has 0 aliphatic rings. The molecule has 0 aliphatic carbocycles. The third-order valence-corrected chi connectivity index (χ3v) is 4.93. The van der Waals surface area contributed by atoms with Gasteiger partial charge in [-0.15, -0.1) is 22.7 Å². The minimum atomic E-state index is 0.0251. The summed E-state index contributed by atoms with van der Waals surface area (Å²) in [6.07, 6.45) is 0.968. The van der Waals surface area contributed by atoms with Crippen molar-refractivity contribution >= 4 is 33.7 Å². The van der Waals surface area contributed by atoms with Gasteiger partial charge in [-0.25, -0.2) is 4.98 Å². The van der Waals surface area contributed by atoms with Gasteiger partial charge in [0.1, 0.15) is 0 Å². The molecule has 0 unspecified atom stereocenters. The second kappa shape index (κ2) is 5.20. The molecular formula is C13H16N2OS2. The molecule has 3 nitrogen and oxygen atoms in total. The molecule has 0 aliphatic heterocycles. The first-order chi connectivity index (χ1) is 8.52. The van der Waals surface area contributed by atoms with E-state index >= 15 is 0 Å². The predicted molar refractivity (Wildman–Crippen MR) is 78.0 cm³/mol. The first kappa shape index (κ1) is 13.2. The van der Waals surface area contributed by atoms with Crippen molar-refractivity contribution in [3.8, 4) is 0 Å². The summed E-state index contributed by atoms with van der Waals surface area (Å²) in [6.45, 7) is 6.10. The average Bonchev–Trinajstić information content (AvgIpc) is 2.93. The lowest BCUT2D eigenvalue weighted by Crippen LogP contribution is -2.25. The van der Waals surface area contributed by atoms with Crippen LogP contribution in [0.15, 0.2) is 11.4 Å². The van der Waals surface area contributed by atoms with Gasteiger partial charge in [-0.3, -0.25) is 9.69 Å². The van der Waals surface area contributed by atoms with Crippen molar-refractivity contribution in [1.29, 1.82) is 0 Å². The van der Waals surface area contributed by atoms with Crippen LogP contribution in [0, 0.1) is 13.8 Å². The number of carbonyl (C=O) groups is 1. The molecule has 0 saturated carbocycles. The van der Waals surface area contributed by atoms with Gasteiger partial charge in [0.05, 0.1) is 10.6 Å². The second-order valence-corrected chi connectivity index (χ2v) is 6.27. The number of anilines is 1. The molecule has 2 aromatic rings. The molecule has 1 amide bonds. The number of carbonyl (C=O) groups excluding carboxylic acids is 1. The SMILES string of the molecule is CCc1cc(C(=O)N(C)c2nc(C)cs2)sc1C. The van der Waals surface area contributed by atoms with Gasteiger partial charge < -0.3 is 0 Å². The lowest BCUT2D eigenvalue weighted by atomic mass is 10.2. The van der Waals surface area contributed by atoms with Crippen LogP contribution in [0.1, 0.15) is 32.7 Å². The third kappa shape index (κ3) is 2.47. The molecule has 0 saturated heterocycles. The second-order valence-electron chi connectivity index (χ2n) is 4.18. The molecule has 96 valence electrons. The normalized spacial score (nSPS) is 10.7. The molecule has 0 spiro atoms. The molecule has 0 aromatic carbocycles. The van der Waals surface area contributed by atoms with E-state index < -0.39 is 0 Å². The van der Waals surface area contributed by atoms with Crippen molar-refractivity contribution in [3.63, 3.8) is 0 Å². The van der Waals surface area contributed by atoms with E-state index in [-0.39, 0.29) is 5.91 Å². The number of thiazole rings is 1. The van der Waals surface area contributed by atoms with Crippen LogP contribution >= 0.6 is 22.7 Å². The maximum atomic E-state index is 12.3. The number of hydrogen-bond donors (Lipinski definition) is 0. The molecule has 5 heteroatoms. The zero-order valence-corrected chi connectivity index (χ0v) is 12.6. The number of rotatable bonds is 3. The fourth-order valence-electron chi connectivity index (χ4n) is 1.72. The van der Waals surface area contributed by atoms with Gasteiger partial charge in [0, 0.05) is 17.3 Å². The predicted octanol–water partition coefficient (Wildman–Crippen LogP) is 3.66. The van der Waals surface area contributed by atoms with Crippen LogP contribution in [0.2, 0.25) is 0 Å². The molecule has 0 bridgehead atoms. The van der Waals surface area contributed by atoms with Gasteiger partial charge in [-0.1, -0.05) is 6.92 Å². The van der Waals surface area contributed by atoms with E-state index in [0.717, 1.165) is 22.1 Å². The number of aryl methyl sites for hydroxylation is 3. The lowest BCUT2D eigenvalue weighted by Gasteiger charge is -2.11. The molecule has 2 rings (SSSR count). The van der Waals surface area contributed by atoms with E-state index in [0.29, 0.717) is 0 Å². The van der Waals surface area contributed by atoms with E-state index in [1.54, 1.807) is 23.3 Å². The average molecular weight is 280 g/mol. The van der Waals surface area contributed by atoms with Gasteiger partial charge in [0.25, 0.3) is 5.91 Å². The Morgan fingerprint density at radius 3 is 2.67 bits per heavy atom. The molecule has 0 atom stereocenters. The van der Waals surface area contributed by atoms with Crippen molar-refractivity contribution in [1.82, 2.24) is 4.98 Å². The summed E-state index contributed by atoms with van der Waals surface area (Å²) in [6, 6.07) is 2.00. The van der Waals surface area contributed by atoms with Gasteiger partial charge in [-0.2, -0.15) is 0 Å². The quantitative estimate of drug-likeness (QED) is 0.859. The molecular weight excluding hydrogens is 264 g/mol. The van der Waals surface area contributed by atoms with Gasteiger partial charge >= 0.3 is 0 Å². The maximum absolute atomic E-state index is 12.3. The summed E-state index contributed by atoms with van der Waals surface area (Å²) in [5, 5.41) is 2.71. The number of nitrogens with zero attached hydrogens (tertiary/aromatic N) is 2. The first-order valence-corrected chi connectivity index (χ1v) is 7.52. The monoisotopic (exact) mass is 280 g/mol. The van der Waals surface area contributed by atoms with Crippen molar-refractivity contribution in [2.75, 3.05) is 11.9 Å². The van der Waals surface area contributed by atoms with E-state index in [1.807, 2.05) is 18.4 Å². The molecule has 2 aromatic heterocycles. The molecule has 2 heterocycles. The van der Waals surface area contributed by atoms with Crippen LogP contribution in [0.5, 0.6) is 0 Å². The summed E-state index contributed by atoms with van der Waals surface area (Å²) in [7, 11) is 1.78. The smallest absolute Gasteiger partial charge is 0.269 e. The summed E-state index contributed by atoms with van der Waals surface area (Å²) in [4.78, 5) is 20.3. The highest BCUT2D eigenvalue weighted by atomic mass is 32.1. The van der Waals surface area contributed by atoms with Crippen LogP contribution in [-0.4, -0.2) is 17.9 Å². The Balaban J connectivity index is 2.25. The largest absolute Gasteiger partial charge is 0.286 e. The minimum absolute atomic E-state index is 0.0251. The molecule has 18 heavy (non-hydrogen) atoms. The molecule has 0 radical (unpaired) electrons. The fraction of sp³-hybridized carbons (Fsp3) is 0.385. The first-order valence-electron chi connectivity index (χ1n) is 5.82. The Morgan fingerprint density at radius 2 is 2.17 bits per heavy atom. The number of thiophene rings is 1. The van der Waals surface area contributed by atoms with Crippen molar-refractivity contribution in [3.05, 3.63) is 32.5 Å². The van der Waals surface area contributed by atoms with Crippen LogP contribution in [0.3, 0.4) is 0 Å². The summed E-state index contributed by atoms with van der Waals surface area (Å²) < 4.78 is 0. The molecule has 0 N–H and O–H groups in total. The Morgan fingerprint density at radius 1 is 1.44 bits per heavy atom. The highest BCUT2D eigenvalue weighted by molar-refractivity contribution is 7.15. The summed E-state index contributed by atoms with van der Waals surface area (Å²) >= 11 is 3.06. The van der Waals surface area contributed by atoms with E-state index in [9.17, 15) is 4.79 Å². The fourth-order valence-corrected chi connectivity index (χ4v) is 3.58. The van der Waals surface area contributed by atoms with E-state index in [2.05, 4.69) is 18.8 Å². The van der Waals surface area contributed by atoms with Gasteiger partial charge in [0.2, 0.25) is 0 Å². The van der Waals surface area contributed by atoms with E-state index in [4.69, 9.17) is 0 Å². The Kier molecular flexibility index (Phi) is 3.82. The van der Waals surface area contributed by atoms with Gasteiger partial charge in [0.15, 0.2) is 5.13 Å². The maximum Gasteiger partial charge on any atom is 0.269 e. The van der Waals surface area contributed by atoms with Crippen molar-refractivity contribution in [2.45, 2.75) is 27.2 Å². The number of amides is 1. The number of aromatic nitrogens is 1. The van der Waals surface area contributed by atoms with E-state index in [1.165, 1.54) is 21.8 Å². The van der Waals surface area contributed by atoms with Crippen molar-refractivity contribution < 1.29 is 4.79 Å².